The predicted molar refractivity (Wildman–Crippen MR) is 80.0 cm³/mol. The van der Waals surface area contributed by atoms with Gasteiger partial charge >= 0.3 is 12.0 Å². The van der Waals surface area contributed by atoms with Crippen LogP contribution in [0.1, 0.15) is 40.5 Å². The number of carboxylic acids is 1. The molecule has 0 fully saturated rings. The van der Waals surface area contributed by atoms with Crippen molar-refractivity contribution in [3.8, 4) is 0 Å². The van der Waals surface area contributed by atoms with E-state index in [1.165, 1.54) is 0 Å². The Kier molecular flexibility index (Phi) is 9.36. The lowest BCUT2D eigenvalue weighted by molar-refractivity contribution is -0.138. The highest BCUT2D eigenvalue weighted by atomic mass is 16.4. The number of rotatable bonds is 9. The number of carbonyl (C=O) groups excluding carboxylic acids is 2. The molecule has 3 amide bonds. The Bertz CT molecular complexity index is 358. The number of carboxylic acid groups (broad SMARTS) is 1. The number of nitrogens with zero attached hydrogens (tertiary/aromatic N) is 1. The van der Waals surface area contributed by atoms with Crippen LogP contribution in [0.25, 0.3) is 0 Å². The fourth-order valence-corrected chi connectivity index (χ4v) is 1.83. The molecule has 7 heteroatoms. The molecule has 0 aliphatic rings. The summed E-state index contributed by atoms with van der Waals surface area (Å²) >= 11 is 0. The summed E-state index contributed by atoms with van der Waals surface area (Å²) in [6, 6.07) is -0.773. The number of carbonyl (C=O) groups is 3. The third-order valence-electron chi connectivity index (χ3n) is 3.11. The molecule has 0 heterocycles. The molecule has 0 radical (unpaired) electrons. The van der Waals surface area contributed by atoms with Crippen molar-refractivity contribution >= 4 is 17.9 Å². The largest absolute Gasteiger partial charge is 0.481 e. The van der Waals surface area contributed by atoms with Crippen LogP contribution in [0, 0.1) is 5.92 Å². The maximum absolute atomic E-state index is 11.7. The number of aliphatic carboxylic acids is 1. The minimum Gasteiger partial charge on any atom is -0.481 e. The van der Waals surface area contributed by atoms with E-state index >= 15 is 0 Å². The molecule has 0 rings (SSSR count). The van der Waals surface area contributed by atoms with Crippen LogP contribution >= 0.6 is 0 Å². The van der Waals surface area contributed by atoms with Gasteiger partial charge in [0.25, 0.3) is 0 Å². The molecular weight excluding hydrogens is 274 g/mol. The number of hydrogen-bond donors (Lipinski definition) is 3. The molecular formula is C14H27N3O4. The average Bonchev–Trinajstić information content (AvgIpc) is 2.34. The first-order valence-electron chi connectivity index (χ1n) is 7.29. The molecule has 7 nitrogen and oxygen atoms in total. The number of urea groups is 1. The van der Waals surface area contributed by atoms with E-state index in [2.05, 4.69) is 10.6 Å². The molecule has 0 aliphatic heterocycles. The summed E-state index contributed by atoms with van der Waals surface area (Å²) in [6.07, 6.45) is 0.806. The van der Waals surface area contributed by atoms with E-state index in [4.69, 9.17) is 5.11 Å². The summed E-state index contributed by atoms with van der Waals surface area (Å²) in [5, 5.41) is 13.6. The monoisotopic (exact) mass is 301 g/mol. The quantitative estimate of drug-likeness (QED) is 0.591. The summed E-state index contributed by atoms with van der Waals surface area (Å²) in [5.41, 5.74) is 0. The Morgan fingerprint density at radius 3 is 2.29 bits per heavy atom. The number of nitrogens with one attached hydrogen (secondary N) is 2. The number of amides is 3. The third kappa shape index (κ3) is 9.84. The van der Waals surface area contributed by atoms with Crippen molar-refractivity contribution in [2.75, 3.05) is 19.6 Å². The van der Waals surface area contributed by atoms with Gasteiger partial charge in [-0.2, -0.15) is 0 Å². The van der Waals surface area contributed by atoms with Gasteiger partial charge in [0, 0.05) is 12.6 Å². The van der Waals surface area contributed by atoms with E-state index in [1.807, 2.05) is 20.8 Å². The Labute approximate surface area is 126 Å². The lowest BCUT2D eigenvalue weighted by atomic mass is 10.1. The molecule has 1 unspecified atom stereocenters. The lowest BCUT2D eigenvalue weighted by Gasteiger charge is -2.25. The van der Waals surface area contributed by atoms with Crippen molar-refractivity contribution in [3.63, 3.8) is 0 Å². The van der Waals surface area contributed by atoms with Gasteiger partial charge < -0.3 is 10.4 Å². The number of imide groups is 1. The number of likely N-dealkylation sites (N-methyl/N-ethyl adjacent to an activating group) is 1. The zero-order valence-electron chi connectivity index (χ0n) is 13.3. The summed E-state index contributed by atoms with van der Waals surface area (Å²) in [5.74, 6) is -0.864. The van der Waals surface area contributed by atoms with Crippen molar-refractivity contribution in [1.29, 1.82) is 0 Å². The van der Waals surface area contributed by atoms with Crippen LogP contribution in [0.2, 0.25) is 0 Å². The smallest absolute Gasteiger partial charge is 0.321 e. The summed E-state index contributed by atoms with van der Waals surface area (Å²) in [7, 11) is 0. The van der Waals surface area contributed by atoms with Gasteiger partial charge in [0.2, 0.25) is 5.91 Å². The van der Waals surface area contributed by atoms with Crippen molar-refractivity contribution in [3.05, 3.63) is 0 Å². The topological polar surface area (TPSA) is 98.7 Å². The third-order valence-corrected chi connectivity index (χ3v) is 3.11. The minimum atomic E-state index is -0.909. The molecule has 0 bridgehead atoms. The zero-order chi connectivity index (χ0) is 16.4. The van der Waals surface area contributed by atoms with Crippen LogP contribution < -0.4 is 10.6 Å². The average molecular weight is 301 g/mol. The van der Waals surface area contributed by atoms with Gasteiger partial charge in [0.1, 0.15) is 0 Å². The van der Waals surface area contributed by atoms with E-state index in [0.717, 1.165) is 6.42 Å². The van der Waals surface area contributed by atoms with Gasteiger partial charge in [-0.1, -0.05) is 20.8 Å². The van der Waals surface area contributed by atoms with E-state index in [-0.39, 0.29) is 19.0 Å². The Morgan fingerprint density at radius 2 is 1.81 bits per heavy atom. The summed E-state index contributed by atoms with van der Waals surface area (Å²) in [4.78, 5) is 35.6. The predicted octanol–water partition coefficient (Wildman–Crippen LogP) is 1.04. The van der Waals surface area contributed by atoms with Gasteiger partial charge in [-0.3, -0.25) is 19.8 Å². The molecule has 0 aromatic heterocycles. The second-order valence-corrected chi connectivity index (χ2v) is 5.50. The zero-order valence-corrected chi connectivity index (χ0v) is 13.3. The Hall–Kier alpha value is -1.63. The van der Waals surface area contributed by atoms with Gasteiger partial charge in [-0.15, -0.1) is 0 Å². The molecule has 3 N–H and O–H groups in total. The molecule has 0 spiro atoms. The second kappa shape index (κ2) is 10.1. The van der Waals surface area contributed by atoms with E-state index in [0.29, 0.717) is 19.0 Å². The van der Waals surface area contributed by atoms with Crippen molar-refractivity contribution in [1.82, 2.24) is 15.5 Å². The molecule has 122 valence electrons. The van der Waals surface area contributed by atoms with Gasteiger partial charge in [0.05, 0.1) is 13.0 Å². The highest BCUT2D eigenvalue weighted by Gasteiger charge is 2.19. The van der Waals surface area contributed by atoms with Crippen LogP contribution in [0.15, 0.2) is 0 Å². The van der Waals surface area contributed by atoms with E-state index in [1.54, 1.807) is 11.8 Å². The van der Waals surface area contributed by atoms with Crippen LogP contribution in [0.4, 0.5) is 4.79 Å². The fourth-order valence-electron chi connectivity index (χ4n) is 1.83. The molecule has 0 aromatic rings. The minimum absolute atomic E-state index is 0.00253. The maximum Gasteiger partial charge on any atom is 0.321 e. The SMILES string of the molecule is CCN(CC(=O)NC(=O)NCCC(C)C)C(C)CC(=O)O. The van der Waals surface area contributed by atoms with Gasteiger partial charge in [0.15, 0.2) is 0 Å². The Morgan fingerprint density at radius 1 is 1.19 bits per heavy atom. The molecule has 0 saturated heterocycles. The van der Waals surface area contributed by atoms with Gasteiger partial charge in [-0.05, 0) is 25.8 Å². The molecule has 0 aliphatic carbocycles. The van der Waals surface area contributed by atoms with Crippen LogP contribution in [0.5, 0.6) is 0 Å². The highest BCUT2D eigenvalue weighted by Crippen LogP contribution is 2.03. The van der Waals surface area contributed by atoms with Crippen molar-refractivity contribution in [2.24, 2.45) is 5.92 Å². The summed E-state index contributed by atoms with van der Waals surface area (Å²) < 4.78 is 0. The molecule has 21 heavy (non-hydrogen) atoms. The van der Waals surface area contributed by atoms with Crippen molar-refractivity contribution < 1.29 is 19.5 Å². The molecule has 0 aromatic carbocycles. The van der Waals surface area contributed by atoms with E-state index < -0.39 is 17.9 Å². The van der Waals surface area contributed by atoms with Gasteiger partial charge in [-0.25, -0.2) is 4.79 Å². The highest BCUT2D eigenvalue weighted by molar-refractivity contribution is 5.95. The molecule has 0 saturated carbocycles. The first-order valence-corrected chi connectivity index (χ1v) is 7.29. The van der Waals surface area contributed by atoms with E-state index in [9.17, 15) is 14.4 Å². The Balaban J connectivity index is 4.14. The first kappa shape index (κ1) is 19.4. The van der Waals surface area contributed by atoms with Crippen LogP contribution in [0.3, 0.4) is 0 Å². The van der Waals surface area contributed by atoms with Crippen LogP contribution in [-0.2, 0) is 9.59 Å². The maximum atomic E-state index is 11.7. The fraction of sp³-hybridized carbons (Fsp3) is 0.786. The lowest BCUT2D eigenvalue weighted by Crippen LogP contribution is -2.47. The standard InChI is InChI=1S/C14H27N3O4/c1-5-17(11(4)8-13(19)20)9-12(18)16-14(21)15-7-6-10(2)3/h10-11H,5-9H2,1-4H3,(H,19,20)(H2,15,16,18,21). The number of hydrogen-bond acceptors (Lipinski definition) is 4. The molecule has 1 atom stereocenters. The normalized spacial score (nSPS) is 12.3. The van der Waals surface area contributed by atoms with Crippen molar-refractivity contribution in [2.45, 2.75) is 46.6 Å². The summed E-state index contributed by atoms with van der Waals surface area (Å²) in [6.45, 7) is 8.74. The second-order valence-electron chi connectivity index (χ2n) is 5.50. The first-order chi connectivity index (χ1) is 9.76. The van der Waals surface area contributed by atoms with Crippen LogP contribution in [-0.4, -0.2) is 53.6 Å².